The summed E-state index contributed by atoms with van der Waals surface area (Å²) in [5, 5.41) is 3.71. The fraction of sp³-hybridized carbons (Fsp3) is 0.647. The Morgan fingerprint density at radius 1 is 1.00 bits per heavy atom. The van der Waals surface area contributed by atoms with Crippen molar-refractivity contribution in [2.45, 2.75) is 57.5 Å². The molecule has 1 aromatic carbocycles. The van der Waals surface area contributed by atoms with Gasteiger partial charge in [-0.25, -0.2) is 0 Å². The lowest BCUT2D eigenvalue weighted by Gasteiger charge is -2.29. The van der Waals surface area contributed by atoms with Crippen molar-refractivity contribution in [3.05, 3.63) is 29.8 Å². The van der Waals surface area contributed by atoms with E-state index in [1.54, 1.807) is 0 Å². The number of nitrogens with zero attached hydrogens (tertiary/aromatic N) is 1. The van der Waals surface area contributed by atoms with Gasteiger partial charge in [0.25, 0.3) is 0 Å². The molecule has 2 fully saturated rings. The zero-order valence-electron chi connectivity index (χ0n) is 11.9. The largest absolute Gasteiger partial charge is 0.372 e. The maximum Gasteiger partial charge on any atom is 0.0369 e. The van der Waals surface area contributed by atoms with Crippen molar-refractivity contribution in [1.29, 1.82) is 0 Å². The molecule has 2 heteroatoms. The smallest absolute Gasteiger partial charge is 0.0369 e. The lowest BCUT2D eigenvalue weighted by molar-refractivity contribution is 0.524. The van der Waals surface area contributed by atoms with Crippen molar-refractivity contribution in [3.8, 4) is 0 Å². The average molecular weight is 258 g/mol. The number of piperidine rings is 1. The molecule has 0 unspecified atom stereocenters. The number of nitrogens with one attached hydrogen (secondary N) is 1. The van der Waals surface area contributed by atoms with Crippen LogP contribution in [0.1, 0.15) is 50.5 Å². The highest BCUT2D eigenvalue weighted by Gasteiger charge is 2.14. The minimum atomic E-state index is 0.763. The molecule has 0 amide bonds. The van der Waals surface area contributed by atoms with Crippen molar-refractivity contribution < 1.29 is 0 Å². The maximum atomic E-state index is 3.71. The molecule has 1 saturated carbocycles. The molecule has 104 valence electrons. The van der Waals surface area contributed by atoms with Gasteiger partial charge in [-0.1, -0.05) is 25.0 Å². The Morgan fingerprint density at radius 2 is 1.79 bits per heavy atom. The molecule has 1 aliphatic carbocycles. The van der Waals surface area contributed by atoms with Crippen LogP contribution in [0.25, 0.3) is 0 Å². The Morgan fingerprint density at radius 3 is 2.58 bits per heavy atom. The molecule has 1 saturated heterocycles. The van der Waals surface area contributed by atoms with Gasteiger partial charge >= 0.3 is 0 Å². The quantitative estimate of drug-likeness (QED) is 0.885. The van der Waals surface area contributed by atoms with Gasteiger partial charge in [-0.3, -0.25) is 0 Å². The molecule has 0 atom stereocenters. The molecule has 0 aromatic heterocycles. The van der Waals surface area contributed by atoms with E-state index in [9.17, 15) is 0 Å². The molecule has 2 nitrogen and oxygen atoms in total. The van der Waals surface area contributed by atoms with Crippen molar-refractivity contribution in [1.82, 2.24) is 5.32 Å². The molecule has 0 radical (unpaired) electrons. The minimum Gasteiger partial charge on any atom is -0.372 e. The molecular formula is C17H26N2. The Bertz CT molecular complexity index is 390. The van der Waals surface area contributed by atoms with Gasteiger partial charge in [0.05, 0.1) is 0 Å². The Kier molecular flexibility index (Phi) is 4.39. The minimum absolute atomic E-state index is 0.763. The van der Waals surface area contributed by atoms with E-state index in [-0.39, 0.29) is 0 Å². The van der Waals surface area contributed by atoms with Crippen LogP contribution >= 0.6 is 0 Å². The summed E-state index contributed by atoms with van der Waals surface area (Å²) in [6.07, 6.45) is 9.66. The number of anilines is 1. The van der Waals surface area contributed by atoms with E-state index in [0.29, 0.717) is 0 Å². The van der Waals surface area contributed by atoms with Gasteiger partial charge in [0.2, 0.25) is 0 Å². The van der Waals surface area contributed by atoms with E-state index in [1.807, 2.05) is 0 Å². The molecule has 0 spiro atoms. The van der Waals surface area contributed by atoms with Crippen LogP contribution < -0.4 is 10.2 Å². The average Bonchev–Trinajstić information content (AvgIpc) is 3.00. The van der Waals surface area contributed by atoms with Gasteiger partial charge in [0.15, 0.2) is 0 Å². The lowest BCUT2D eigenvalue weighted by atomic mass is 10.1. The topological polar surface area (TPSA) is 15.3 Å². The van der Waals surface area contributed by atoms with Gasteiger partial charge in [-0.15, -0.1) is 0 Å². The van der Waals surface area contributed by atoms with Crippen LogP contribution in [0.2, 0.25) is 0 Å². The molecule has 3 rings (SSSR count). The molecule has 1 N–H and O–H groups in total. The van der Waals surface area contributed by atoms with Crippen molar-refractivity contribution in [2.75, 3.05) is 18.0 Å². The van der Waals surface area contributed by atoms with Crippen LogP contribution in [0.5, 0.6) is 0 Å². The Balaban J connectivity index is 1.58. The molecule has 19 heavy (non-hydrogen) atoms. The molecule has 0 bridgehead atoms. The summed E-state index contributed by atoms with van der Waals surface area (Å²) in [5.74, 6) is 0. The summed E-state index contributed by atoms with van der Waals surface area (Å²) in [4.78, 5) is 2.54. The van der Waals surface area contributed by atoms with E-state index in [1.165, 1.54) is 69.3 Å². The SMILES string of the molecule is c1cc(CNC2CCCC2)cc(N2CCCCC2)c1. The first kappa shape index (κ1) is 13.0. The van der Waals surface area contributed by atoms with Crippen LogP contribution in [-0.4, -0.2) is 19.1 Å². The van der Waals surface area contributed by atoms with Crippen molar-refractivity contribution in [3.63, 3.8) is 0 Å². The summed E-state index contributed by atoms with van der Waals surface area (Å²) in [7, 11) is 0. The normalized spacial score (nSPS) is 20.9. The molecule has 1 heterocycles. The molecule has 2 aliphatic rings. The van der Waals surface area contributed by atoms with E-state index in [2.05, 4.69) is 34.5 Å². The second-order valence-electron chi connectivity index (χ2n) is 6.08. The van der Waals surface area contributed by atoms with Crippen molar-refractivity contribution in [2.24, 2.45) is 0 Å². The predicted molar refractivity (Wildman–Crippen MR) is 81.6 cm³/mol. The molecule has 1 aromatic rings. The molecule has 1 aliphatic heterocycles. The summed E-state index contributed by atoms with van der Waals surface area (Å²) in [6, 6.07) is 9.89. The van der Waals surface area contributed by atoms with Gasteiger partial charge in [-0.2, -0.15) is 0 Å². The highest BCUT2D eigenvalue weighted by Crippen LogP contribution is 2.22. The standard InChI is InChI=1S/C17H26N2/c1-4-11-19(12-5-1)17-10-6-7-15(13-17)14-18-16-8-2-3-9-16/h6-7,10,13,16,18H,1-5,8-9,11-12,14H2. The number of hydrogen-bond donors (Lipinski definition) is 1. The number of benzene rings is 1. The first-order valence-electron chi connectivity index (χ1n) is 7.99. The van der Waals surface area contributed by atoms with E-state index in [0.717, 1.165) is 12.6 Å². The highest BCUT2D eigenvalue weighted by atomic mass is 15.1. The lowest BCUT2D eigenvalue weighted by Crippen LogP contribution is -2.29. The Labute approximate surface area is 117 Å². The fourth-order valence-corrected chi connectivity index (χ4v) is 3.41. The van der Waals surface area contributed by atoms with Crippen molar-refractivity contribution >= 4 is 5.69 Å². The first-order chi connectivity index (χ1) is 9.42. The number of hydrogen-bond acceptors (Lipinski definition) is 2. The first-order valence-corrected chi connectivity index (χ1v) is 7.99. The van der Waals surface area contributed by atoms with Gasteiger partial charge < -0.3 is 10.2 Å². The zero-order chi connectivity index (χ0) is 12.9. The van der Waals surface area contributed by atoms with Crippen LogP contribution in [0.15, 0.2) is 24.3 Å². The highest BCUT2D eigenvalue weighted by molar-refractivity contribution is 5.48. The van der Waals surface area contributed by atoms with E-state index >= 15 is 0 Å². The third-order valence-electron chi connectivity index (χ3n) is 4.58. The third-order valence-corrected chi connectivity index (χ3v) is 4.58. The van der Waals surface area contributed by atoms with Crippen LogP contribution in [-0.2, 0) is 6.54 Å². The van der Waals surface area contributed by atoms with Crippen LogP contribution in [0.4, 0.5) is 5.69 Å². The monoisotopic (exact) mass is 258 g/mol. The van der Waals surface area contributed by atoms with Gasteiger partial charge in [-0.05, 0) is 49.8 Å². The van der Waals surface area contributed by atoms with Crippen LogP contribution in [0.3, 0.4) is 0 Å². The van der Waals surface area contributed by atoms with E-state index < -0.39 is 0 Å². The van der Waals surface area contributed by atoms with Crippen LogP contribution in [0, 0.1) is 0 Å². The third kappa shape index (κ3) is 3.50. The summed E-state index contributed by atoms with van der Waals surface area (Å²) >= 11 is 0. The van der Waals surface area contributed by atoms with Gasteiger partial charge in [0.1, 0.15) is 0 Å². The maximum absolute atomic E-state index is 3.71. The summed E-state index contributed by atoms with van der Waals surface area (Å²) in [6.45, 7) is 3.51. The molecular weight excluding hydrogens is 232 g/mol. The second-order valence-corrected chi connectivity index (χ2v) is 6.08. The van der Waals surface area contributed by atoms with E-state index in [4.69, 9.17) is 0 Å². The summed E-state index contributed by atoms with van der Waals surface area (Å²) < 4.78 is 0. The number of rotatable bonds is 4. The van der Waals surface area contributed by atoms with Gasteiger partial charge in [0, 0.05) is 31.4 Å². The summed E-state index contributed by atoms with van der Waals surface area (Å²) in [5.41, 5.74) is 2.86. The predicted octanol–water partition coefficient (Wildman–Crippen LogP) is 3.71. The zero-order valence-corrected chi connectivity index (χ0v) is 11.9. The Hall–Kier alpha value is -1.02. The fourth-order valence-electron chi connectivity index (χ4n) is 3.41. The second kappa shape index (κ2) is 6.42.